The Labute approximate surface area is 119 Å². The highest BCUT2D eigenvalue weighted by Crippen LogP contribution is 2.24. The van der Waals surface area contributed by atoms with E-state index in [9.17, 15) is 0 Å². The lowest BCUT2D eigenvalue weighted by molar-refractivity contribution is 0.00925. The van der Waals surface area contributed by atoms with Crippen LogP contribution in [0.1, 0.15) is 26.2 Å². The first kappa shape index (κ1) is 13.1. The van der Waals surface area contributed by atoms with E-state index in [1.807, 2.05) is 18.2 Å². The molecule has 0 amide bonds. The molecule has 5 heteroatoms. The van der Waals surface area contributed by atoms with Crippen molar-refractivity contribution in [3.63, 3.8) is 0 Å². The van der Waals surface area contributed by atoms with Crippen LogP contribution in [0.25, 0.3) is 5.69 Å². The smallest absolute Gasteiger partial charge is 0.138 e. The van der Waals surface area contributed by atoms with Crippen molar-refractivity contribution in [2.45, 2.75) is 38.3 Å². The molecule has 2 aromatic rings. The molecule has 1 aliphatic rings. The first-order valence-corrected chi connectivity index (χ1v) is 7.19. The van der Waals surface area contributed by atoms with Crippen molar-refractivity contribution in [1.29, 1.82) is 0 Å². The first-order valence-electron chi connectivity index (χ1n) is 7.19. The Morgan fingerprint density at radius 1 is 1.40 bits per heavy atom. The van der Waals surface area contributed by atoms with Crippen molar-refractivity contribution in [3.8, 4) is 5.69 Å². The van der Waals surface area contributed by atoms with E-state index >= 15 is 0 Å². The zero-order valence-corrected chi connectivity index (χ0v) is 11.7. The summed E-state index contributed by atoms with van der Waals surface area (Å²) >= 11 is 0. The third-order valence-electron chi connectivity index (χ3n) is 3.75. The lowest BCUT2D eigenvalue weighted by atomic mass is 10.0. The Kier molecular flexibility index (Phi) is 3.97. The minimum atomic E-state index is 0.375. The predicted octanol–water partition coefficient (Wildman–Crippen LogP) is 2.64. The Morgan fingerprint density at radius 3 is 3.10 bits per heavy atom. The summed E-state index contributed by atoms with van der Waals surface area (Å²) < 4.78 is 7.52. The molecule has 1 aromatic carbocycles. The van der Waals surface area contributed by atoms with Gasteiger partial charge in [0.1, 0.15) is 12.7 Å². The molecule has 0 aliphatic carbocycles. The molecule has 0 bridgehead atoms. The molecule has 5 nitrogen and oxygen atoms in total. The van der Waals surface area contributed by atoms with Crippen LogP contribution in [-0.4, -0.2) is 33.5 Å². The molecular formula is C15H20N4O. The number of nitrogens with one attached hydrogen (secondary N) is 1. The van der Waals surface area contributed by atoms with Gasteiger partial charge in [0.15, 0.2) is 0 Å². The second-order valence-corrected chi connectivity index (χ2v) is 5.12. The van der Waals surface area contributed by atoms with Gasteiger partial charge in [-0.25, -0.2) is 9.67 Å². The quantitative estimate of drug-likeness (QED) is 0.929. The Morgan fingerprint density at radius 2 is 2.30 bits per heavy atom. The third kappa shape index (κ3) is 2.82. The molecule has 0 radical (unpaired) electrons. The summed E-state index contributed by atoms with van der Waals surface area (Å²) in [5, 5.41) is 7.85. The summed E-state index contributed by atoms with van der Waals surface area (Å²) in [4.78, 5) is 4.02. The number of hydrogen-bond donors (Lipinski definition) is 1. The van der Waals surface area contributed by atoms with Crippen LogP contribution < -0.4 is 5.32 Å². The topological polar surface area (TPSA) is 52.0 Å². The molecule has 2 heterocycles. The van der Waals surface area contributed by atoms with Gasteiger partial charge < -0.3 is 10.1 Å². The molecule has 106 valence electrons. The van der Waals surface area contributed by atoms with Crippen LogP contribution in [0.4, 0.5) is 5.69 Å². The summed E-state index contributed by atoms with van der Waals surface area (Å²) in [5.41, 5.74) is 2.13. The second kappa shape index (κ2) is 6.05. The third-order valence-corrected chi connectivity index (χ3v) is 3.75. The second-order valence-electron chi connectivity index (χ2n) is 5.12. The van der Waals surface area contributed by atoms with Gasteiger partial charge in [0.2, 0.25) is 0 Å². The average molecular weight is 272 g/mol. The van der Waals surface area contributed by atoms with Crippen molar-refractivity contribution in [2.24, 2.45) is 0 Å². The van der Waals surface area contributed by atoms with Crippen LogP contribution in [0, 0.1) is 0 Å². The molecule has 20 heavy (non-hydrogen) atoms. The van der Waals surface area contributed by atoms with Crippen molar-refractivity contribution in [3.05, 3.63) is 36.9 Å². The average Bonchev–Trinajstić information content (AvgIpc) is 3.02. The summed E-state index contributed by atoms with van der Waals surface area (Å²) in [6.07, 6.45) is 6.82. The molecule has 1 N–H and O–H groups in total. The fourth-order valence-electron chi connectivity index (χ4n) is 2.64. The summed E-state index contributed by atoms with van der Waals surface area (Å²) in [6.45, 7) is 3.01. The molecule has 1 saturated heterocycles. The van der Waals surface area contributed by atoms with Gasteiger partial charge in [0.25, 0.3) is 0 Å². The number of para-hydroxylation sites is 2. The number of anilines is 1. The first-order chi connectivity index (χ1) is 9.86. The van der Waals surface area contributed by atoms with Gasteiger partial charge in [0.05, 0.1) is 17.5 Å². The molecular weight excluding hydrogens is 252 g/mol. The largest absolute Gasteiger partial charge is 0.380 e. The van der Waals surface area contributed by atoms with Gasteiger partial charge in [-0.15, -0.1) is 0 Å². The van der Waals surface area contributed by atoms with E-state index in [0.717, 1.165) is 37.2 Å². The lowest BCUT2D eigenvalue weighted by Crippen LogP contribution is -2.34. The highest BCUT2D eigenvalue weighted by atomic mass is 16.5. The molecule has 0 spiro atoms. The summed E-state index contributed by atoms with van der Waals surface area (Å²) in [7, 11) is 0. The maximum absolute atomic E-state index is 5.73. The van der Waals surface area contributed by atoms with Gasteiger partial charge in [-0.05, 0) is 31.4 Å². The fourth-order valence-corrected chi connectivity index (χ4v) is 2.64. The number of aromatic nitrogens is 3. The summed E-state index contributed by atoms with van der Waals surface area (Å²) in [5.74, 6) is 0. The number of hydrogen-bond acceptors (Lipinski definition) is 4. The minimum Gasteiger partial charge on any atom is -0.380 e. The zero-order chi connectivity index (χ0) is 13.8. The number of ether oxygens (including phenoxy) is 1. The molecule has 1 aliphatic heterocycles. The van der Waals surface area contributed by atoms with E-state index < -0.39 is 0 Å². The maximum atomic E-state index is 5.73. The van der Waals surface area contributed by atoms with E-state index in [-0.39, 0.29) is 0 Å². The maximum Gasteiger partial charge on any atom is 0.138 e. The minimum absolute atomic E-state index is 0.375. The number of rotatable bonds is 4. The van der Waals surface area contributed by atoms with E-state index in [4.69, 9.17) is 4.74 Å². The van der Waals surface area contributed by atoms with Crippen molar-refractivity contribution >= 4 is 5.69 Å². The fraction of sp³-hybridized carbons (Fsp3) is 0.467. The van der Waals surface area contributed by atoms with Gasteiger partial charge in [-0.1, -0.05) is 19.1 Å². The predicted molar refractivity (Wildman–Crippen MR) is 78.0 cm³/mol. The van der Waals surface area contributed by atoms with Crippen molar-refractivity contribution < 1.29 is 4.74 Å². The van der Waals surface area contributed by atoms with E-state index in [2.05, 4.69) is 28.4 Å². The van der Waals surface area contributed by atoms with Crippen LogP contribution in [-0.2, 0) is 4.74 Å². The highest BCUT2D eigenvalue weighted by molar-refractivity contribution is 5.60. The van der Waals surface area contributed by atoms with Gasteiger partial charge in [-0.3, -0.25) is 0 Å². The van der Waals surface area contributed by atoms with Gasteiger partial charge >= 0.3 is 0 Å². The molecule has 2 atom stereocenters. The van der Waals surface area contributed by atoms with Crippen molar-refractivity contribution in [2.75, 3.05) is 11.9 Å². The van der Waals surface area contributed by atoms with Crippen molar-refractivity contribution in [1.82, 2.24) is 14.8 Å². The van der Waals surface area contributed by atoms with Crippen LogP contribution in [0.3, 0.4) is 0 Å². The molecule has 1 aromatic heterocycles. The molecule has 2 unspecified atom stereocenters. The number of nitrogens with zero attached hydrogens (tertiary/aromatic N) is 3. The Bertz CT molecular complexity index is 541. The van der Waals surface area contributed by atoms with Crippen LogP contribution >= 0.6 is 0 Å². The van der Waals surface area contributed by atoms with E-state index in [1.54, 1.807) is 17.3 Å². The molecule has 0 saturated carbocycles. The van der Waals surface area contributed by atoms with Crippen LogP contribution in [0.5, 0.6) is 0 Å². The van der Waals surface area contributed by atoms with Crippen LogP contribution in [0.2, 0.25) is 0 Å². The Hall–Kier alpha value is -1.88. The SMILES string of the molecule is CCC1CC(Nc2ccccc2-n2cncn2)CCO1. The van der Waals surface area contributed by atoms with Gasteiger partial charge in [-0.2, -0.15) is 5.10 Å². The van der Waals surface area contributed by atoms with E-state index in [0.29, 0.717) is 12.1 Å². The highest BCUT2D eigenvalue weighted by Gasteiger charge is 2.21. The zero-order valence-electron chi connectivity index (χ0n) is 11.7. The number of benzene rings is 1. The summed E-state index contributed by atoms with van der Waals surface area (Å²) in [6, 6.07) is 8.65. The lowest BCUT2D eigenvalue weighted by Gasteiger charge is -2.30. The van der Waals surface area contributed by atoms with Gasteiger partial charge in [0, 0.05) is 12.6 Å². The monoisotopic (exact) mass is 272 g/mol. The Balaban J connectivity index is 1.77. The molecule has 3 rings (SSSR count). The van der Waals surface area contributed by atoms with E-state index in [1.165, 1.54) is 0 Å². The van der Waals surface area contributed by atoms with Crippen LogP contribution in [0.15, 0.2) is 36.9 Å². The normalized spacial score (nSPS) is 22.6. The molecule has 1 fully saturated rings. The standard InChI is InChI=1S/C15H20N4O/c1-2-13-9-12(7-8-20-13)18-14-5-3-4-6-15(14)19-11-16-10-17-19/h3-6,10-13,18H,2,7-9H2,1H3.